The number of nitrogens with zero attached hydrogens (tertiary/aromatic N) is 1. The molecule has 0 N–H and O–H groups in total. The van der Waals surface area contributed by atoms with Crippen molar-refractivity contribution < 1.29 is 9.53 Å². The summed E-state index contributed by atoms with van der Waals surface area (Å²) in [5.74, 6) is 0.313. The number of carbonyl (C=O) groups is 1. The van der Waals surface area contributed by atoms with Gasteiger partial charge in [-0.3, -0.25) is 0 Å². The van der Waals surface area contributed by atoms with Gasteiger partial charge in [0.1, 0.15) is 5.60 Å². The minimum absolute atomic E-state index is 0.00354. The molecule has 3 nitrogen and oxygen atoms in total. The summed E-state index contributed by atoms with van der Waals surface area (Å²) in [5.41, 5.74) is 3.10. The third-order valence-electron chi connectivity index (χ3n) is 4.92. The second-order valence-corrected chi connectivity index (χ2v) is 8.94. The van der Waals surface area contributed by atoms with E-state index in [2.05, 4.69) is 18.2 Å². The van der Waals surface area contributed by atoms with Gasteiger partial charge in [0.15, 0.2) is 0 Å². The lowest BCUT2D eigenvalue weighted by Gasteiger charge is -2.29. The average Bonchev–Trinajstić information content (AvgIpc) is 2.95. The van der Waals surface area contributed by atoms with Crippen LogP contribution in [0.3, 0.4) is 0 Å². The van der Waals surface area contributed by atoms with E-state index in [-0.39, 0.29) is 12.1 Å². The van der Waals surface area contributed by atoms with Crippen LogP contribution in [0.5, 0.6) is 0 Å². The predicted molar refractivity (Wildman–Crippen MR) is 111 cm³/mol. The molecule has 0 spiro atoms. The van der Waals surface area contributed by atoms with Gasteiger partial charge >= 0.3 is 6.09 Å². The molecule has 2 aromatic rings. The normalized spacial score (nSPS) is 18.9. The van der Waals surface area contributed by atoms with E-state index in [9.17, 15) is 4.79 Å². The van der Waals surface area contributed by atoms with Gasteiger partial charge in [-0.05, 0) is 68.4 Å². The van der Waals surface area contributed by atoms with Gasteiger partial charge in [-0.2, -0.15) is 0 Å². The third-order valence-corrected chi connectivity index (χ3v) is 5.66. The fraction of sp³-hybridized carbons (Fsp3) is 0.409. The minimum Gasteiger partial charge on any atom is -0.444 e. The predicted octanol–water partition coefficient (Wildman–Crippen LogP) is 6.63. The molecule has 0 aliphatic heterocycles. The standard InChI is InChI=1S/C22H25Cl2NO2/c1-22(2,3)27-21(26)25(4)20-13-15(16-7-5-6-8-17(16)20)11-14-9-10-18(23)19(24)12-14/h5-10,12,15,20H,11,13H2,1-4H3. The second-order valence-electron chi connectivity index (χ2n) is 8.12. The van der Waals surface area contributed by atoms with Crippen molar-refractivity contribution in [1.82, 2.24) is 4.90 Å². The molecular formula is C22H25Cl2NO2. The smallest absolute Gasteiger partial charge is 0.410 e. The van der Waals surface area contributed by atoms with E-state index in [1.807, 2.05) is 52.1 Å². The number of hydrogen-bond donors (Lipinski definition) is 0. The molecule has 144 valence electrons. The molecule has 2 atom stereocenters. The van der Waals surface area contributed by atoms with Crippen LogP contribution in [0.25, 0.3) is 0 Å². The Morgan fingerprint density at radius 3 is 2.41 bits per heavy atom. The average molecular weight is 406 g/mol. The summed E-state index contributed by atoms with van der Waals surface area (Å²) < 4.78 is 5.56. The fourth-order valence-corrected chi connectivity index (χ4v) is 4.00. The van der Waals surface area contributed by atoms with Crippen LogP contribution in [0, 0.1) is 0 Å². The van der Waals surface area contributed by atoms with Crippen molar-refractivity contribution in [2.45, 2.75) is 51.2 Å². The highest BCUT2D eigenvalue weighted by atomic mass is 35.5. The molecular weight excluding hydrogens is 381 g/mol. The number of benzene rings is 2. The summed E-state index contributed by atoms with van der Waals surface area (Å²) in [6, 6.07) is 14.1. The molecule has 1 aliphatic carbocycles. The number of carbonyl (C=O) groups excluding carboxylic acids is 1. The molecule has 0 fully saturated rings. The molecule has 1 amide bonds. The maximum Gasteiger partial charge on any atom is 0.410 e. The van der Waals surface area contributed by atoms with Crippen molar-refractivity contribution in [2.24, 2.45) is 0 Å². The van der Waals surface area contributed by atoms with Crippen molar-refractivity contribution >= 4 is 29.3 Å². The third kappa shape index (κ3) is 4.59. The molecule has 0 aromatic heterocycles. The molecule has 1 aliphatic rings. The quantitative estimate of drug-likeness (QED) is 0.573. The molecule has 2 aromatic carbocycles. The van der Waals surface area contributed by atoms with Crippen molar-refractivity contribution in [2.75, 3.05) is 7.05 Å². The molecule has 0 radical (unpaired) electrons. The number of amides is 1. The highest BCUT2D eigenvalue weighted by Gasteiger charge is 2.36. The summed E-state index contributed by atoms with van der Waals surface area (Å²) >= 11 is 12.2. The zero-order chi connectivity index (χ0) is 19.8. The second kappa shape index (κ2) is 7.73. The first kappa shape index (κ1) is 20.0. The molecule has 0 saturated heterocycles. The van der Waals surface area contributed by atoms with E-state index in [4.69, 9.17) is 27.9 Å². The van der Waals surface area contributed by atoms with Crippen LogP contribution < -0.4 is 0 Å². The Morgan fingerprint density at radius 2 is 1.78 bits per heavy atom. The lowest BCUT2D eigenvalue weighted by Crippen LogP contribution is -2.36. The minimum atomic E-state index is -0.511. The lowest BCUT2D eigenvalue weighted by atomic mass is 9.93. The van der Waals surface area contributed by atoms with Crippen LogP contribution in [-0.2, 0) is 11.2 Å². The Bertz CT molecular complexity index is 844. The van der Waals surface area contributed by atoms with Gasteiger partial charge in [-0.25, -0.2) is 4.79 Å². The summed E-state index contributed by atoms with van der Waals surface area (Å²) in [6.07, 6.45) is 1.42. The van der Waals surface area contributed by atoms with Gasteiger partial charge < -0.3 is 9.64 Å². The van der Waals surface area contributed by atoms with Crippen LogP contribution >= 0.6 is 23.2 Å². The van der Waals surface area contributed by atoms with Crippen LogP contribution in [0.2, 0.25) is 10.0 Å². The molecule has 5 heteroatoms. The summed E-state index contributed by atoms with van der Waals surface area (Å²) in [7, 11) is 1.82. The Kier molecular flexibility index (Phi) is 5.73. The fourth-order valence-electron chi connectivity index (χ4n) is 3.68. The van der Waals surface area contributed by atoms with Gasteiger partial charge in [0, 0.05) is 7.05 Å². The molecule has 3 rings (SSSR count). The first-order chi connectivity index (χ1) is 12.7. The maximum absolute atomic E-state index is 12.6. The Morgan fingerprint density at radius 1 is 1.11 bits per heavy atom. The first-order valence-electron chi connectivity index (χ1n) is 9.14. The number of fused-ring (bicyclic) bond motifs is 1. The van der Waals surface area contributed by atoms with Crippen molar-refractivity contribution in [3.05, 3.63) is 69.2 Å². The van der Waals surface area contributed by atoms with Crippen molar-refractivity contribution in [3.8, 4) is 0 Å². The number of ether oxygens (including phenoxy) is 1. The number of rotatable bonds is 3. The highest BCUT2D eigenvalue weighted by molar-refractivity contribution is 6.42. The number of halogens is 2. The van der Waals surface area contributed by atoms with Crippen LogP contribution in [0.1, 0.15) is 55.8 Å². The Balaban J connectivity index is 1.83. The number of hydrogen-bond acceptors (Lipinski definition) is 2. The zero-order valence-corrected chi connectivity index (χ0v) is 17.6. The summed E-state index contributed by atoms with van der Waals surface area (Å²) in [5, 5.41) is 1.14. The summed E-state index contributed by atoms with van der Waals surface area (Å²) in [6.45, 7) is 5.65. The van der Waals surface area contributed by atoms with E-state index >= 15 is 0 Å². The SMILES string of the molecule is CN(C(=O)OC(C)(C)C)C1CC(Cc2ccc(Cl)c(Cl)c2)c2ccccc21. The molecule has 2 unspecified atom stereocenters. The first-order valence-corrected chi connectivity index (χ1v) is 9.90. The van der Waals surface area contributed by atoms with E-state index in [1.54, 1.807) is 4.90 Å². The van der Waals surface area contributed by atoms with Crippen LogP contribution in [0.15, 0.2) is 42.5 Å². The zero-order valence-electron chi connectivity index (χ0n) is 16.1. The van der Waals surface area contributed by atoms with Gasteiger partial charge in [0.05, 0.1) is 16.1 Å². The molecule has 0 saturated carbocycles. The molecule has 27 heavy (non-hydrogen) atoms. The van der Waals surface area contributed by atoms with E-state index in [1.165, 1.54) is 11.1 Å². The Labute approximate surface area is 171 Å². The highest BCUT2D eigenvalue weighted by Crippen LogP contribution is 2.45. The summed E-state index contributed by atoms with van der Waals surface area (Å²) in [4.78, 5) is 14.3. The van der Waals surface area contributed by atoms with E-state index in [0.29, 0.717) is 16.0 Å². The monoisotopic (exact) mass is 405 g/mol. The van der Waals surface area contributed by atoms with E-state index < -0.39 is 5.60 Å². The van der Waals surface area contributed by atoms with Gasteiger partial charge in [-0.1, -0.05) is 53.5 Å². The van der Waals surface area contributed by atoms with Gasteiger partial charge in [0.2, 0.25) is 0 Å². The topological polar surface area (TPSA) is 29.5 Å². The van der Waals surface area contributed by atoms with Gasteiger partial charge in [-0.15, -0.1) is 0 Å². The lowest BCUT2D eigenvalue weighted by molar-refractivity contribution is 0.0217. The maximum atomic E-state index is 12.6. The van der Waals surface area contributed by atoms with E-state index in [0.717, 1.165) is 18.4 Å². The Hall–Kier alpha value is -1.71. The van der Waals surface area contributed by atoms with Gasteiger partial charge in [0.25, 0.3) is 0 Å². The van der Waals surface area contributed by atoms with Crippen molar-refractivity contribution in [1.29, 1.82) is 0 Å². The largest absolute Gasteiger partial charge is 0.444 e. The van der Waals surface area contributed by atoms with Crippen molar-refractivity contribution in [3.63, 3.8) is 0 Å². The van der Waals surface area contributed by atoms with Crippen LogP contribution in [-0.4, -0.2) is 23.6 Å². The molecule has 0 bridgehead atoms. The van der Waals surface area contributed by atoms with Crippen LogP contribution in [0.4, 0.5) is 4.79 Å². The molecule has 0 heterocycles.